The van der Waals surface area contributed by atoms with Crippen molar-refractivity contribution in [3.05, 3.63) is 0 Å². The van der Waals surface area contributed by atoms with Gasteiger partial charge >= 0.3 is 0 Å². The number of hydrogen-bond donors (Lipinski definition) is 1. The Hall–Kier alpha value is -1.10. The molecule has 2 heterocycles. The summed E-state index contributed by atoms with van der Waals surface area (Å²) in [6, 6.07) is 0. The standard InChI is InChI=1S/C10H17N3O2/c1-12-5-6-13(8-3-2-4-11-8)10(15)7-9(12)14/h8,11H,2-7H2,1H3. The minimum atomic E-state index is -0.0690. The van der Waals surface area contributed by atoms with Crippen LogP contribution in [0.2, 0.25) is 0 Å². The van der Waals surface area contributed by atoms with Crippen LogP contribution in [0.1, 0.15) is 19.3 Å². The van der Waals surface area contributed by atoms with Crippen LogP contribution in [0.25, 0.3) is 0 Å². The quantitative estimate of drug-likeness (QED) is 0.588. The van der Waals surface area contributed by atoms with Gasteiger partial charge in [-0.1, -0.05) is 0 Å². The maximum Gasteiger partial charge on any atom is 0.233 e. The molecule has 84 valence electrons. The fourth-order valence-corrected chi connectivity index (χ4v) is 2.13. The lowest BCUT2D eigenvalue weighted by Gasteiger charge is -2.27. The Morgan fingerprint density at radius 1 is 1.27 bits per heavy atom. The highest BCUT2D eigenvalue weighted by atomic mass is 16.2. The molecule has 2 amide bonds. The van der Waals surface area contributed by atoms with Crippen LogP contribution < -0.4 is 5.32 Å². The first-order valence-corrected chi connectivity index (χ1v) is 5.45. The normalized spacial score (nSPS) is 28.5. The largest absolute Gasteiger partial charge is 0.344 e. The van der Waals surface area contributed by atoms with Crippen molar-refractivity contribution in [2.24, 2.45) is 0 Å². The molecule has 0 bridgehead atoms. The predicted octanol–water partition coefficient (Wildman–Crippen LogP) is -0.613. The van der Waals surface area contributed by atoms with Gasteiger partial charge in [0.2, 0.25) is 11.8 Å². The fraction of sp³-hybridized carbons (Fsp3) is 0.800. The van der Waals surface area contributed by atoms with Crippen molar-refractivity contribution in [2.75, 3.05) is 26.7 Å². The number of likely N-dealkylation sites (N-methyl/N-ethyl adjacent to an activating group) is 1. The lowest BCUT2D eigenvalue weighted by Crippen LogP contribution is -2.46. The van der Waals surface area contributed by atoms with Crippen LogP contribution in [0.4, 0.5) is 0 Å². The van der Waals surface area contributed by atoms with Gasteiger partial charge in [-0.05, 0) is 19.4 Å². The van der Waals surface area contributed by atoms with E-state index in [0.717, 1.165) is 19.4 Å². The van der Waals surface area contributed by atoms with E-state index >= 15 is 0 Å². The van der Waals surface area contributed by atoms with Gasteiger partial charge in [-0.2, -0.15) is 0 Å². The van der Waals surface area contributed by atoms with Gasteiger partial charge in [0.15, 0.2) is 0 Å². The zero-order valence-corrected chi connectivity index (χ0v) is 9.03. The molecule has 1 atom stereocenters. The first-order valence-electron chi connectivity index (χ1n) is 5.45. The summed E-state index contributed by atoms with van der Waals surface area (Å²) in [6.07, 6.45) is 2.29. The molecule has 2 saturated heterocycles. The summed E-state index contributed by atoms with van der Waals surface area (Å²) >= 11 is 0. The van der Waals surface area contributed by atoms with Crippen LogP contribution in [0.5, 0.6) is 0 Å². The highest BCUT2D eigenvalue weighted by molar-refractivity contribution is 5.97. The monoisotopic (exact) mass is 211 g/mol. The van der Waals surface area contributed by atoms with Gasteiger partial charge in [0.1, 0.15) is 6.42 Å². The average molecular weight is 211 g/mol. The van der Waals surface area contributed by atoms with Crippen LogP contribution in [-0.4, -0.2) is 54.5 Å². The van der Waals surface area contributed by atoms with Crippen molar-refractivity contribution < 1.29 is 9.59 Å². The Kier molecular flexibility index (Phi) is 2.90. The summed E-state index contributed by atoms with van der Waals surface area (Å²) in [4.78, 5) is 26.7. The summed E-state index contributed by atoms with van der Waals surface area (Å²) in [7, 11) is 1.75. The summed E-state index contributed by atoms with van der Waals surface area (Å²) in [6.45, 7) is 2.26. The van der Waals surface area contributed by atoms with Gasteiger partial charge < -0.3 is 9.80 Å². The number of nitrogens with zero attached hydrogens (tertiary/aromatic N) is 2. The number of hydrogen-bond acceptors (Lipinski definition) is 3. The third kappa shape index (κ3) is 2.12. The molecule has 2 aliphatic rings. The van der Waals surface area contributed by atoms with Crippen LogP contribution >= 0.6 is 0 Å². The smallest absolute Gasteiger partial charge is 0.233 e. The van der Waals surface area contributed by atoms with E-state index in [1.54, 1.807) is 11.9 Å². The molecular weight excluding hydrogens is 194 g/mol. The molecule has 15 heavy (non-hydrogen) atoms. The second kappa shape index (κ2) is 4.18. The van der Waals surface area contributed by atoms with E-state index in [2.05, 4.69) is 5.32 Å². The van der Waals surface area contributed by atoms with Crippen molar-refractivity contribution in [1.29, 1.82) is 0 Å². The van der Waals surface area contributed by atoms with E-state index in [9.17, 15) is 9.59 Å². The zero-order chi connectivity index (χ0) is 10.8. The first-order chi connectivity index (χ1) is 7.18. The molecule has 0 aliphatic carbocycles. The molecule has 5 nitrogen and oxygen atoms in total. The highest BCUT2D eigenvalue weighted by Gasteiger charge is 2.30. The molecule has 2 rings (SSSR count). The second-order valence-electron chi connectivity index (χ2n) is 4.19. The summed E-state index contributed by atoms with van der Waals surface area (Å²) in [5, 5.41) is 3.29. The topological polar surface area (TPSA) is 52.6 Å². The van der Waals surface area contributed by atoms with Crippen LogP contribution in [0, 0.1) is 0 Å². The van der Waals surface area contributed by atoms with Crippen molar-refractivity contribution >= 4 is 11.8 Å². The van der Waals surface area contributed by atoms with Crippen molar-refractivity contribution in [3.8, 4) is 0 Å². The third-order valence-electron chi connectivity index (χ3n) is 3.14. The van der Waals surface area contributed by atoms with Gasteiger partial charge in [-0.3, -0.25) is 14.9 Å². The van der Waals surface area contributed by atoms with Gasteiger partial charge in [0.25, 0.3) is 0 Å². The molecule has 1 N–H and O–H groups in total. The lowest BCUT2D eigenvalue weighted by atomic mass is 10.2. The van der Waals surface area contributed by atoms with Gasteiger partial charge in [0.05, 0.1) is 6.17 Å². The summed E-state index contributed by atoms with van der Waals surface area (Å²) in [5.74, 6) is -0.107. The molecule has 0 spiro atoms. The molecule has 0 saturated carbocycles. The van der Waals surface area contributed by atoms with Crippen molar-refractivity contribution in [3.63, 3.8) is 0 Å². The Morgan fingerprint density at radius 3 is 2.73 bits per heavy atom. The van der Waals surface area contributed by atoms with E-state index in [1.807, 2.05) is 4.90 Å². The molecule has 0 aromatic heterocycles. The summed E-state index contributed by atoms with van der Waals surface area (Å²) in [5.41, 5.74) is 0. The van der Waals surface area contributed by atoms with E-state index in [-0.39, 0.29) is 24.4 Å². The minimum Gasteiger partial charge on any atom is -0.344 e. The Morgan fingerprint density at radius 2 is 2.07 bits per heavy atom. The molecule has 2 aliphatic heterocycles. The van der Waals surface area contributed by atoms with E-state index in [4.69, 9.17) is 0 Å². The van der Waals surface area contributed by atoms with Gasteiger partial charge in [-0.25, -0.2) is 0 Å². The van der Waals surface area contributed by atoms with Gasteiger partial charge in [0, 0.05) is 20.1 Å². The van der Waals surface area contributed by atoms with E-state index in [0.29, 0.717) is 13.1 Å². The first kappa shape index (κ1) is 10.4. The SMILES string of the molecule is CN1CCN(C2CCCN2)C(=O)CC1=O. The summed E-state index contributed by atoms with van der Waals surface area (Å²) < 4.78 is 0. The molecule has 5 heteroatoms. The lowest BCUT2D eigenvalue weighted by molar-refractivity contribution is -0.138. The van der Waals surface area contributed by atoms with Crippen molar-refractivity contribution in [2.45, 2.75) is 25.4 Å². The predicted molar refractivity (Wildman–Crippen MR) is 55.0 cm³/mol. The van der Waals surface area contributed by atoms with Crippen LogP contribution in [0.3, 0.4) is 0 Å². The van der Waals surface area contributed by atoms with Crippen LogP contribution in [0.15, 0.2) is 0 Å². The number of carbonyl (C=O) groups excluding carboxylic acids is 2. The molecular formula is C10H17N3O2. The number of rotatable bonds is 1. The van der Waals surface area contributed by atoms with Crippen LogP contribution in [-0.2, 0) is 9.59 Å². The third-order valence-corrected chi connectivity index (χ3v) is 3.14. The number of nitrogens with one attached hydrogen (secondary N) is 1. The zero-order valence-electron chi connectivity index (χ0n) is 9.03. The molecule has 2 fully saturated rings. The maximum atomic E-state index is 11.8. The molecule has 0 aromatic carbocycles. The van der Waals surface area contributed by atoms with Crippen molar-refractivity contribution in [1.82, 2.24) is 15.1 Å². The van der Waals surface area contributed by atoms with E-state index < -0.39 is 0 Å². The minimum absolute atomic E-state index is 0.0225. The Bertz CT molecular complexity index is 274. The number of carbonyl (C=O) groups is 2. The Labute approximate surface area is 89.4 Å². The molecule has 1 unspecified atom stereocenters. The maximum absolute atomic E-state index is 11.8. The highest BCUT2D eigenvalue weighted by Crippen LogP contribution is 2.14. The van der Waals surface area contributed by atoms with E-state index in [1.165, 1.54) is 0 Å². The number of amides is 2. The van der Waals surface area contributed by atoms with Gasteiger partial charge in [-0.15, -0.1) is 0 Å². The molecule has 0 radical (unpaired) electrons. The fourth-order valence-electron chi connectivity index (χ4n) is 2.13. The second-order valence-corrected chi connectivity index (χ2v) is 4.19. The molecule has 0 aromatic rings. The Balaban J connectivity index is 2.05. The average Bonchev–Trinajstić information content (AvgIpc) is 2.67.